The largest absolute Gasteiger partial charge is 0.455 e. The highest BCUT2D eigenvalue weighted by Crippen LogP contribution is 2.17. The monoisotopic (exact) mass is 362 g/mol. The van der Waals surface area contributed by atoms with E-state index >= 15 is 0 Å². The number of anilines is 1. The fraction of sp³-hybridized carbons (Fsp3) is 0.333. The predicted molar refractivity (Wildman–Crippen MR) is 94.2 cm³/mol. The van der Waals surface area contributed by atoms with Gasteiger partial charge in [-0.1, -0.05) is 6.07 Å². The van der Waals surface area contributed by atoms with Crippen LogP contribution in [-0.4, -0.2) is 49.6 Å². The van der Waals surface area contributed by atoms with Crippen molar-refractivity contribution < 1.29 is 18.7 Å². The van der Waals surface area contributed by atoms with E-state index in [9.17, 15) is 14.0 Å². The minimum atomic E-state index is -0.388. The average molecular weight is 362 g/mol. The zero-order valence-electron chi connectivity index (χ0n) is 13.7. The quantitative estimate of drug-likeness (QED) is 0.766. The van der Waals surface area contributed by atoms with Gasteiger partial charge in [-0.25, -0.2) is 4.39 Å². The van der Waals surface area contributed by atoms with E-state index in [4.69, 9.17) is 4.74 Å². The molecule has 132 valence electrons. The molecule has 1 saturated heterocycles. The number of carbonyl (C=O) groups excluding carboxylic acids is 2. The molecule has 5 nitrogen and oxygen atoms in total. The number of ether oxygens (including phenoxy) is 1. The van der Waals surface area contributed by atoms with Crippen LogP contribution in [0.4, 0.5) is 10.1 Å². The van der Waals surface area contributed by atoms with Crippen LogP contribution in [0.2, 0.25) is 0 Å². The standard InChI is InChI=1S/C18H19FN2O3S/c19-14-3-5-15(6-4-14)20-7-9-21(10-8-20)17(22)13-24-18(23)12-16-2-1-11-25-16/h1-6,11H,7-10,12-13H2. The molecule has 7 heteroatoms. The van der Waals surface area contributed by atoms with Gasteiger partial charge >= 0.3 is 5.97 Å². The Kier molecular flexibility index (Phi) is 5.65. The van der Waals surface area contributed by atoms with Crippen molar-refractivity contribution in [2.45, 2.75) is 6.42 Å². The molecule has 1 fully saturated rings. The molecule has 1 aliphatic heterocycles. The lowest BCUT2D eigenvalue weighted by molar-refractivity contribution is -0.151. The molecule has 0 unspecified atom stereocenters. The normalized spacial score (nSPS) is 14.4. The third-order valence-corrected chi connectivity index (χ3v) is 4.96. The molecule has 0 saturated carbocycles. The fourth-order valence-corrected chi connectivity index (χ4v) is 3.40. The number of amides is 1. The zero-order valence-corrected chi connectivity index (χ0v) is 14.5. The maximum Gasteiger partial charge on any atom is 0.311 e. The maximum absolute atomic E-state index is 13.0. The van der Waals surface area contributed by atoms with E-state index in [0.717, 1.165) is 10.6 Å². The van der Waals surface area contributed by atoms with Crippen molar-refractivity contribution in [1.29, 1.82) is 0 Å². The second-order valence-electron chi connectivity index (χ2n) is 5.76. The summed E-state index contributed by atoms with van der Waals surface area (Å²) in [5.74, 6) is -0.832. The molecule has 2 heterocycles. The predicted octanol–water partition coefficient (Wildman–Crippen LogP) is 2.32. The lowest BCUT2D eigenvalue weighted by Crippen LogP contribution is -2.49. The number of piperazine rings is 1. The topological polar surface area (TPSA) is 49.9 Å². The first-order valence-corrected chi connectivity index (χ1v) is 8.96. The summed E-state index contributed by atoms with van der Waals surface area (Å²) in [5, 5.41) is 1.90. The Bertz CT molecular complexity index is 710. The second kappa shape index (κ2) is 8.11. The summed E-state index contributed by atoms with van der Waals surface area (Å²) in [6.07, 6.45) is 0.198. The minimum absolute atomic E-state index is 0.182. The van der Waals surface area contributed by atoms with Gasteiger partial charge in [0.25, 0.3) is 5.91 Å². The Hall–Kier alpha value is -2.41. The number of benzene rings is 1. The van der Waals surface area contributed by atoms with Crippen molar-refractivity contribution in [2.75, 3.05) is 37.7 Å². The Labute approximate surface area is 149 Å². The summed E-state index contributed by atoms with van der Waals surface area (Å²) in [4.78, 5) is 28.6. The lowest BCUT2D eigenvalue weighted by Gasteiger charge is -2.36. The first-order chi connectivity index (χ1) is 12.1. The van der Waals surface area contributed by atoms with Gasteiger partial charge in [-0.2, -0.15) is 0 Å². The molecule has 1 aromatic heterocycles. The summed E-state index contributed by atoms with van der Waals surface area (Å²) in [7, 11) is 0. The molecule has 0 spiro atoms. The molecule has 0 N–H and O–H groups in total. The first-order valence-electron chi connectivity index (χ1n) is 8.08. The van der Waals surface area contributed by atoms with E-state index in [1.807, 2.05) is 17.5 Å². The molecular formula is C18H19FN2O3S. The van der Waals surface area contributed by atoms with Crippen LogP contribution in [0.1, 0.15) is 4.88 Å². The summed E-state index contributed by atoms with van der Waals surface area (Å²) in [5.41, 5.74) is 0.941. The van der Waals surface area contributed by atoms with Crippen LogP contribution >= 0.6 is 11.3 Å². The average Bonchev–Trinajstić information content (AvgIpc) is 3.13. The number of rotatable bonds is 5. The highest BCUT2D eigenvalue weighted by Gasteiger charge is 2.22. The molecule has 0 aliphatic carbocycles. The number of thiophene rings is 1. The first kappa shape index (κ1) is 17.4. The van der Waals surface area contributed by atoms with Gasteiger partial charge < -0.3 is 14.5 Å². The second-order valence-corrected chi connectivity index (χ2v) is 6.79. The molecule has 1 aliphatic rings. The number of hydrogen-bond acceptors (Lipinski definition) is 5. The minimum Gasteiger partial charge on any atom is -0.455 e. The molecular weight excluding hydrogens is 343 g/mol. The summed E-state index contributed by atoms with van der Waals surface area (Å²) in [6.45, 7) is 2.22. The summed E-state index contributed by atoms with van der Waals surface area (Å²) >= 11 is 1.49. The SMILES string of the molecule is O=C(Cc1cccs1)OCC(=O)N1CCN(c2ccc(F)cc2)CC1. The highest BCUT2D eigenvalue weighted by molar-refractivity contribution is 7.10. The van der Waals surface area contributed by atoms with Gasteiger partial charge in [-0.15, -0.1) is 11.3 Å². The number of hydrogen-bond donors (Lipinski definition) is 0. The van der Waals surface area contributed by atoms with Crippen molar-refractivity contribution in [1.82, 2.24) is 4.90 Å². The molecule has 3 rings (SSSR count). The molecule has 25 heavy (non-hydrogen) atoms. The molecule has 2 aromatic rings. The molecule has 0 radical (unpaired) electrons. The summed E-state index contributed by atoms with van der Waals surface area (Å²) in [6, 6.07) is 10.1. The van der Waals surface area contributed by atoms with Crippen molar-refractivity contribution >= 4 is 28.9 Å². The van der Waals surface area contributed by atoms with Gasteiger partial charge in [0.2, 0.25) is 0 Å². The van der Waals surface area contributed by atoms with Gasteiger partial charge in [0, 0.05) is 36.7 Å². The van der Waals surface area contributed by atoms with Crippen LogP contribution in [0.5, 0.6) is 0 Å². The Morgan fingerprint density at radius 2 is 1.80 bits per heavy atom. The van der Waals surface area contributed by atoms with Crippen molar-refractivity contribution in [3.05, 3.63) is 52.5 Å². The van der Waals surface area contributed by atoms with E-state index in [2.05, 4.69) is 4.90 Å². The summed E-state index contributed by atoms with van der Waals surface area (Å²) < 4.78 is 18.1. The highest BCUT2D eigenvalue weighted by atomic mass is 32.1. The van der Waals surface area contributed by atoms with Crippen molar-refractivity contribution in [3.63, 3.8) is 0 Å². The smallest absolute Gasteiger partial charge is 0.311 e. The van der Waals surface area contributed by atoms with Crippen molar-refractivity contribution in [2.24, 2.45) is 0 Å². The third kappa shape index (κ3) is 4.79. The number of esters is 1. The Morgan fingerprint density at radius 3 is 2.44 bits per heavy atom. The van der Waals surface area contributed by atoms with Gasteiger partial charge in [0.15, 0.2) is 6.61 Å². The number of nitrogens with zero attached hydrogens (tertiary/aromatic N) is 2. The van der Waals surface area contributed by atoms with Crippen LogP contribution in [0.25, 0.3) is 0 Å². The van der Waals surface area contributed by atoms with E-state index in [-0.39, 0.29) is 30.7 Å². The van der Waals surface area contributed by atoms with E-state index in [0.29, 0.717) is 26.2 Å². The maximum atomic E-state index is 13.0. The number of halogens is 1. The van der Waals surface area contributed by atoms with E-state index < -0.39 is 0 Å². The van der Waals surface area contributed by atoms with E-state index in [1.165, 1.54) is 23.5 Å². The van der Waals surface area contributed by atoms with Gasteiger partial charge in [0.05, 0.1) is 6.42 Å². The van der Waals surface area contributed by atoms with Crippen LogP contribution in [0, 0.1) is 5.82 Å². The zero-order chi connectivity index (χ0) is 17.6. The van der Waals surface area contributed by atoms with Crippen molar-refractivity contribution in [3.8, 4) is 0 Å². The number of carbonyl (C=O) groups is 2. The van der Waals surface area contributed by atoms with Gasteiger partial charge in [-0.3, -0.25) is 9.59 Å². The molecule has 0 atom stereocenters. The van der Waals surface area contributed by atoms with Gasteiger partial charge in [0.1, 0.15) is 5.82 Å². The Morgan fingerprint density at radius 1 is 1.08 bits per heavy atom. The fourth-order valence-electron chi connectivity index (χ4n) is 2.71. The third-order valence-electron chi connectivity index (χ3n) is 4.08. The van der Waals surface area contributed by atoms with Gasteiger partial charge in [-0.05, 0) is 35.7 Å². The lowest BCUT2D eigenvalue weighted by atomic mass is 10.2. The molecule has 1 aromatic carbocycles. The van der Waals surface area contributed by atoms with Crippen LogP contribution < -0.4 is 4.90 Å². The molecule has 1 amide bonds. The Balaban J connectivity index is 1.42. The van der Waals surface area contributed by atoms with Crippen LogP contribution in [-0.2, 0) is 20.7 Å². The molecule has 0 bridgehead atoms. The van der Waals surface area contributed by atoms with Crippen LogP contribution in [0.15, 0.2) is 41.8 Å². The van der Waals surface area contributed by atoms with Crippen LogP contribution in [0.3, 0.4) is 0 Å². The van der Waals surface area contributed by atoms with E-state index in [1.54, 1.807) is 17.0 Å².